The minimum Gasteiger partial charge on any atom is -0.333 e. The number of hydrogen-bond acceptors (Lipinski definition) is 3. The second-order valence-corrected chi connectivity index (χ2v) is 5.90. The van der Waals surface area contributed by atoms with Gasteiger partial charge in [-0.1, -0.05) is 13.8 Å². The smallest absolute Gasteiger partial charge is 0.0948 e. The van der Waals surface area contributed by atoms with E-state index < -0.39 is 0 Å². The summed E-state index contributed by atoms with van der Waals surface area (Å²) in [7, 11) is 2.19. The van der Waals surface area contributed by atoms with Crippen molar-refractivity contribution in [1.82, 2.24) is 19.8 Å². The Balaban J connectivity index is 2.27. The first-order chi connectivity index (χ1) is 9.00. The third kappa shape index (κ3) is 6.21. The van der Waals surface area contributed by atoms with Crippen molar-refractivity contribution in [3.8, 4) is 0 Å². The lowest BCUT2D eigenvalue weighted by Crippen LogP contribution is -2.27. The van der Waals surface area contributed by atoms with Crippen LogP contribution >= 0.6 is 0 Å². The van der Waals surface area contributed by atoms with Gasteiger partial charge in [0.25, 0.3) is 0 Å². The van der Waals surface area contributed by atoms with Crippen molar-refractivity contribution >= 4 is 0 Å². The van der Waals surface area contributed by atoms with Crippen molar-refractivity contribution in [3.63, 3.8) is 0 Å². The molecule has 1 N–H and O–H groups in total. The van der Waals surface area contributed by atoms with Crippen LogP contribution < -0.4 is 5.32 Å². The Morgan fingerprint density at radius 1 is 1.26 bits per heavy atom. The van der Waals surface area contributed by atoms with Gasteiger partial charge in [-0.05, 0) is 40.3 Å². The van der Waals surface area contributed by atoms with E-state index in [1.165, 1.54) is 25.1 Å². The molecule has 0 spiro atoms. The van der Waals surface area contributed by atoms with Crippen LogP contribution in [0.25, 0.3) is 0 Å². The number of rotatable bonds is 9. The molecular formula is C15H30N4. The van der Waals surface area contributed by atoms with Crippen LogP contribution in [0.2, 0.25) is 0 Å². The van der Waals surface area contributed by atoms with Crippen LogP contribution in [0.4, 0.5) is 0 Å². The summed E-state index contributed by atoms with van der Waals surface area (Å²) in [4.78, 5) is 6.65. The minimum atomic E-state index is 0.517. The molecule has 1 aromatic heterocycles. The van der Waals surface area contributed by atoms with Gasteiger partial charge in [-0.15, -0.1) is 0 Å². The second-order valence-electron chi connectivity index (χ2n) is 5.90. The van der Waals surface area contributed by atoms with Crippen LogP contribution in [0.5, 0.6) is 0 Å². The lowest BCUT2D eigenvalue weighted by atomic mass is 10.2. The van der Waals surface area contributed by atoms with Crippen molar-refractivity contribution in [1.29, 1.82) is 0 Å². The molecule has 0 bridgehead atoms. The highest BCUT2D eigenvalue weighted by atomic mass is 15.1. The summed E-state index contributed by atoms with van der Waals surface area (Å²) in [6, 6.07) is 1.15. The average molecular weight is 266 g/mol. The third-order valence-corrected chi connectivity index (χ3v) is 3.53. The van der Waals surface area contributed by atoms with E-state index in [-0.39, 0.29) is 0 Å². The fourth-order valence-electron chi connectivity index (χ4n) is 1.91. The maximum atomic E-state index is 4.25. The van der Waals surface area contributed by atoms with Gasteiger partial charge in [0.15, 0.2) is 0 Å². The maximum absolute atomic E-state index is 4.25. The Morgan fingerprint density at radius 3 is 2.63 bits per heavy atom. The van der Waals surface area contributed by atoms with Gasteiger partial charge in [0.2, 0.25) is 0 Å². The van der Waals surface area contributed by atoms with Gasteiger partial charge in [-0.25, -0.2) is 4.98 Å². The highest BCUT2D eigenvalue weighted by Crippen LogP contribution is 2.04. The first-order valence-corrected chi connectivity index (χ1v) is 7.43. The Bertz CT molecular complexity index is 344. The van der Waals surface area contributed by atoms with Crippen molar-refractivity contribution < 1.29 is 0 Å². The van der Waals surface area contributed by atoms with Gasteiger partial charge in [-0.2, -0.15) is 0 Å². The van der Waals surface area contributed by atoms with E-state index >= 15 is 0 Å². The number of nitrogens with one attached hydrogen (secondary N) is 1. The molecule has 1 heterocycles. The first kappa shape index (κ1) is 16.2. The molecule has 1 aromatic rings. The minimum absolute atomic E-state index is 0.517. The summed E-state index contributed by atoms with van der Waals surface area (Å²) in [6.45, 7) is 12.0. The fourth-order valence-corrected chi connectivity index (χ4v) is 1.91. The molecule has 0 fully saturated rings. The standard InChI is InChI=1S/C15H30N4/c1-13(2)17-11-15-10-16-12-19(15)9-7-6-8-18(5)14(3)4/h10,12-14,17H,6-9,11H2,1-5H3. The fraction of sp³-hybridized carbons (Fsp3) is 0.800. The number of nitrogens with zero attached hydrogens (tertiary/aromatic N) is 3. The van der Waals surface area contributed by atoms with Crippen LogP contribution in [-0.2, 0) is 13.1 Å². The molecule has 0 aliphatic carbocycles. The van der Waals surface area contributed by atoms with E-state index in [2.05, 4.69) is 54.5 Å². The zero-order chi connectivity index (χ0) is 14.3. The largest absolute Gasteiger partial charge is 0.333 e. The maximum Gasteiger partial charge on any atom is 0.0948 e. The molecule has 0 saturated heterocycles. The monoisotopic (exact) mass is 266 g/mol. The van der Waals surface area contributed by atoms with Crippen LogP contribution in [0.3, 0.4) is 0 Å². The molecule has 0 aliphatic rings. The molecule has 0 unspecified atom stereocenters. The lowest BCUT2D eigenvalue weighted by Gasteiger charge is -2.20. The molecule has 19 heavy (non-hydrogen) atoms. The van der Waals surface area contributed by atoms with Gasteiger partial charge < -0.3 is 14.8 Å². The molecule has 0 saturated carbocycles. The summed E-state index contributed by atoms with van der Waals surface area (Å²) in [5.41, 5.74) is 1.28. The van der Waals surface area contributed by atoms with Crippen LogP contribution in [-0.4, -0.2) is 40.1 Å². The van der Waals surface area contributed by atoms with Crippen molar-refractivity contribution in [2.75, 3.05) is 13.6 Å². The van der Waals surface area contributed by atoms with E-state index in [0.29, 0.717) is 12.1 Å². The van der Waals surface area contributed by atoms with Gasteiger partial charge in [0.05, 0.1) is 12.0 Å². The van der Waals surface area contributed by atoms with E-state index in [1.54, 1.807) is 0 Å². The number of unbranched alkanes of at least 4 members (excludes halogenated alkanes) is 1. The van der Waals surface area contributed by atoms with E-state index in [4.69, 9.17) is 0 Å². The number of imidazole rings is 1. The molecule has 0 amide bonds. The molecule has 0 aliphatic heterocycles. The normalized spacial score (nSPS) is 12.0. The van der Waals surface area contributed by atoms with Crippen LogP contribution in [0.1, 0.15) is 46.2 Å². The summed E-state index contributed by atoms with van der Waals surface area (Å²) in [5.74, 6) is 0. The molecule has 110 valence electrons. The highest BCUT2D eigenvalue weighted by Gasteiger charge is 2.04. The van der Waals surface area contributed by atoms with E-state index in [1.807, 2.05) is 12.5 Å². The summed E-state index contributed by atoms with van der Waals surface area (Å²) < 4.78 is 2.27. The number of aromatic nitrogens is 2. The Morgan fingerprint density at radius 2 is 2.00 bits per heavy atom. The average Bonchev–Trinajstić information content (AvgIpc) is 2.79. The lowest BCUT2D eigenvalue weighted by molar-refractivity contribution is 0.266. The highest BCUT2D eigenvalue weighted by molar-refractivity contribution is 4.98. The van der Waals surface area contributed by atoms with Crippen molar-refractivity contribution in [3.05, 3.63) is 18.2 Å². The van der Waals surface area contributed by atoms with Gasteiger partial charge in [-0.3, -0.25) is 0 Å². The predicted octanol–water partition coefficient (Wildman–Crippen LogP) is 2.50. The number of aryl methyl sites for hydroxylation is 1. The Hall–Kier alpha value is -0.870. The van der Waals surface area contributed by atoms with Crippen molar-refractivity contribution in [2.45, 2.75) is 65.7 Å². The molecule has 4 heteroatoms. The van der Waals surface area contributed by atoms with Gasteiger partial charge >= 0.3 is 0 Å². The molecule has 0 radical (unpaired) electrons. The molecule has 0 aromatic carbocycles. The molecule has 4 nitrogen and oxygen atoms in total. The topological polar surface area (TPSA) is 33.1 Å². The van der Waals surface area contributed by atoms with Crippen LogP contribution in [0, 0.1) is 0 Å². The second kappa shape index (κ2) is 8.33. The summed E-state index contributed by atoms with van der Waals surface area (Å²) in [6.07, 6.45) is 6.37. The predicted molar refractivity (Wildman–Crippen MR) is 81.2 cm³/mol. The quantitative estimate of drug-likeness (QED) is 0.697. The zero-order valence-corrected chi connectivity index (χ0v) is 13.2. The Labute approximate surface area is 118 Å². The van der Waals surface area contributed by atoms with Gasteiger partial charge in [0.1, 0.15) is 0 Å². The first-order valence-electron chi connectivity index (χ1n) is 7.43. The summed E-state index contributed by atoms with van der Waals surface area (Å²) in [5, 5.41) is 3.44. The van der Waals surface area contributed by atoms with Crippen LogP contribution in [0.15, 0.2) is 12.5 Å². The SMILES string of the molecule is CC(C)NCc1cncn1CCCCN(C)C(C)C. The third-order valence-electron chi connectivity index (χ3n) is 3.53. The summed E-state index contributed by atoms with van der Waals surface area (Å²) >= 11 is 0. The van der Waals surface area contributed by atoms with Gasteiger partial charge in [0, 0.05) is 31.4 Å². The molecular weight excluding hydrogens is 236 g/mol. The van der Waals surface area contributed by atoms with Crippen molar-refractivity contribution in [2.24, 2.45) is 0 Å². The molecule has 1 rings (SSSR count). The Kier molecular flexibility index (Phi) is 7.10. The van der Waals surface area contributed by atoms with E-state index in [0.717, 1.165) is 13.1 Å². The number of hydrogen-bond donors (Lipinski definition) is 1. The molecule has 0 atom stereocenters. The van der Waals surface area contributed by atoms with E-state index in [9.17, 15) is 0 Å². The zero-order valence-electron chi connectivity index (χ0n) is 13.2.